The lowest BCUT2D eigenvalue weighted by atomic mass is 10.2. The van der Waals surface area contributed by atoms with Crippen LogP contribution in [0.2, 0.25) is 0 Å². The van der Waals surface area contributed by atoms with E-state index in [2.05, 4.69) is 16.8 Å². The van der Waals surface area contributed by atoms with Crippen LogP contribution in [0.15, 0.2) is 39.8 Å². The molecule has 1 fully saturated rings. The van der Waals surface area contributed by atoms with Crippen molar-refractivity contribution in [1.82, 2.24) is 15.1 Å². The molecule has 0 aliphatic carbocycles. The van der Waals surface area contributed by atoms with Crippen molar-refractivity contribution >= 4 is 38.3 Å². The molecule has 1 saturated heterocycles. The van der Waals surface area contributed by atoms with Gasteiger partial charge in [0.05, 0.1) is 12.8 Å². The Labute approximate surface area is 171 Å². The largest absolute Gasteiger partial charge is 0.469 e. The number of furan rings is 1. The second-order valence-electron chi connectivity index (χ2n) is 6.35. The van der Waals surface area contributed by atoms with E-state index >= 15 is 0 Å². The Balaban J connectivity index is 1.70. The molecule has 0 spiro atoms. The molecule has 0 bridgehead atoms. The summed E-state index contributed by atoms with van der Waals surface area (Å²) in [5.41, 5.74) is 0. The summed E-state index contributed by atoms with van der Waals surface area (Å²) < 4.78 is 33.8. The fourth-order valence-corrected chi connectivity index (χ4v) is 4.38. The maximum absolute atomic E-state index is 12.7. The van der Waals surface area contributed by atoms with Gasteiger partial charge in [-0.05, 0) is 18.6 Å². The molecule has 3 heterocycles. The summed E-state index contributed by atoms with van der Waals surface area (Å²) in [6.45, 7) is 3.97. The molecule has 10 nitrogen and oxygen atoms in total. The number of anilines is 1. The number of aromatic nitrogens is 2. The molecule has 2 amide bonds. The summed E-state index contributed by atoms with van der Waals surface area (Å²) in [6.07, 6.45) is 4.45. The fourth-order valence-electron chi connectivity index (χ4n) is 2.75. The number of carbonyl (C=O) groups is 2. The summed E-state index contributed by atoms with van der Waals surface area (Å²) >= 11 is 0.747. The third-order valence-corrected chi connectivity index (χ3v) is 6.65. The van der Waals surface area contributed by atoms with Gasteiger partial charge in [-0.1, -0.05) is 17.4 Å². The standard InChI is InChI=1S/C17H20N4O6S2/c1-3-9-20-11-13(27-14(22)8-4-6-12-7-5-10-26-12)21(17(20)23)15-18-19-16(28-15)29(2,24)25/h3,5,7,10,13H,1,4,6,8-9,11H2,2H3. The highest BCUT2D eigenvalue weighted by molar-refractivity contribution is 7.92. The molecule has 1 unspecified atom stereocenters. The van der Waals surface area contributed by atoms with E-state index in [1.54, 1.807) is 18.4 Å². The van der Waals surface area contributed by atoms with E-state index in [0.29, 0.717) is 12.8 Å². The van der Waals surface area contributed by atoms with Gasteiger partial charge in [-0.15, -0.1) is 16.8 Å². The topological polar surface area (TPSA) is 123 Å². The van der Waals surface area contributed by atoms with E-state index in [9.17, 15) is 18.0 Å². The molecule has 2 aromatic rings. The first-order chi connectivity index (χ1) is 13.8. The molecule has 2 aromatic heterocycles. The van der Waals surface area contributed by atoms with Gasteiger partial charge in [-0.25, -0.2) is 18.1 Å². The number of rotatable bonds is 9. The number of nitrogens with zero attached hydrogens (tertiary/aromatic N) is 4. The van der Waals surface area contributed by atoms with Crippen LogP contribution in [0.4, 0.5) is 9.93 Å². The Morgan fingerprint density at radius 1 is 1.48 bits per heavy atom. The van der Waals surface area contributed by atoms with Crippen LogP contribution in [0.5, 0.6) is 0 Å². The monoisotopic (exact) mass is 440 g/mol. The highest BCUT2D eigenvalue weighted by Gasteiger charge is 2.42. The van der Waals surface area contributed by atoms with Gasteiger partial charge in [-0.3, -0.25) is 4.79 Å². The van der Waals surface area contributed by atoms with Crippen molar-refractivity contribution in [2.45, 2.75) is 29.8 Å². The van der Waals surface area contributed by atoms with E-state index in [-0.39, 0.29) is 29.0 Å². The number of hydrogen-bond acceptors (Lipinski definition) is 9. The van der Waals surface area contributed by atoms with Crippen molar-refractivity contribution in [3.05, 3.63) is 36.8 Å². The lowest BCUT2D eigenvalue weighted by Gasteiger charge is -2.19. The zero-order valence-corrected chi connectivity index (χ0v) is 17.3. The van der Waals surface area contributed by atoms with Crippen LogP contribution < -0.4 is 4.90 Å². The van der Waals surface area contributed by atoms with E-state index in [4.69, 9.17) is 9.15 Å². The number of carbonyl (C=O) groups excluding carboxylic acids is 2. The van der Waals surface area contributed by atoms with Crippen molar-refractivity contribution in [2.75, 3.05) is 24.2 Å². The zero-order chi connectivity index (χ0) is 21.0. The van der Waals surface area contributed by atoms with Gasteiger partial charge >= 0.3 is 12.0 Å². The van der Waals surface area contributed by atoms with Crippen LogP contribution in [-0.2, 0) is 25.8 Å². The van der Waals surface area contributed by atoms with E-state index in [1.165, 1.54) is 4.90 Å². The third kappa shape index (κ3) is 5.01. The summed E-state index contributed by atoms with van der Waals surface area (Å²) in [4.78, 5) is 27.6. The number of esters is 1. The molecule has 1 aliphatic rings. The number of ether oxygens (including phenoxy) is 1. The molecular weight excluding hydrogens is 420 g/mol. The van der Waals surface area contributed by atoms with Crippen LogP contribution in [0.3, 0.4) is 0 Å². The van der Waals surface area contributed by atoms with Crippen LogP contribution in [-0.4, -0.2) is 61.1 Å². The SMILES string of the molecule is C=CCN1CC(OC(=O)CCCc2ccco2)N(c2nnc(S(C)(=O)=O)s2)C1=O. The normalized spacial score (nSPS) is 17.0. The molecule has 1 aliphatic heterocycles. The Morgan fingerprint density at radius 2 is 2.28 bits per heavy atom. The molecule has 3 rings (SSSR count). The number of amides is 2. The molecule has 156 valence electrons. The van der Waals surface area contributed by atoms with Gasteiger partial charge in [0.25, 0.3) is 0 Å². The second-order valence-corrected chi connectivity index (χ2v) is 9.49. The van der Waals surface area contributed by atoms with Crippen LogP contribution in [0.1, 0.15) is 18.6 Å². The minimum absolute atomic E-state index is 0.0513. The van der Waals surface area contributed by atoms with Gasteiger partial charge in [0.2, 0.25) is 25.5 Å². The third-order valence-electron chi connectivity index (χ3n) is 4.06. The Bertz CT molecular complexity index is 985. The molecule has 0 N–H and O–H groups in total. The molecule has 0 saturated carbocycles. The molecule has 1 atom stereocenters. The van der Waals surface area contributed by atoms with Gasteiger partial charge in [0.1, 0.15) is 5.76 Å². The van der Waals surface area contributed by atoms with Crippen molar-refractivity contribution in [3.8, 4) is 0 Å². The van der Waals surface area contributed by atoms with Crippen molar-refractivity contribution in [2.24, 2.45) is 0 Å². The van der Waals surface area contributed by atoms with Gasteiger partial charge in [-0.2, -0.15) is 0 Å². The highest BCUT2D eigenvalue weighted by Crippen LogP contribution is 2.30. The first-order valence-electron chi connectivity index (χ1n) is 8.74. The smallest absolute Gasteiger partial charge is 0.329 e. The predicted molar refractivity (Wildman–Crippen MR) is 104 cm³/mol. The van der Waals surface area contributed by atoms with Crippen LogP contribution in [0.25, 0.3) is 0 Å². The van der Waals surface area contributed by atoms with Crippen LogP contribution in [0, 0.1) is 0 Å². The second kappa shape index (κ2) is 8.74. The van der Waals surface area contributed by atoms with Gasteiger partial charge < -0.3 is 14.1 Å². The van der Waals surface area contributed by atoms with Crippen LogP contribution >= 0.6 is 11.3 Å². The van der Waals surface area contributed by atoms with Gasteiger partial charge in [0.15, 0.2) is 0 Å². The summed E-state index contributed by atoms with van der Waals surface area (Å²) in [5.74, 6) is 0.294. The fraction of sp³-hybridized carbons (Fsp3) is 0.412. The minimum Gasteiger partial charge on any atom is -0.469 e. The van der Waals surface area contributed by atoms with E-state index < -0.39 is 28.1 Å². The average Bonchev–Trinajstić information content (AvgIpc) is 3.37. The first kappa shape index (κ1) is 21.0. The summed E-state index contributed by atoms with van der Waals surface area (Å²) in [5, 5.41) is 7.48. The van der Waals surface area contributed by atoms with E-state index in [0.717, 1.165) is 28.3 Å². The number of sulfone groups is 1. The first-order valence-corrected chi connectivity index (χ1v) is 11.4. The Morgan fingerprint density at radius 3 is 2.90 bits per heavy atom. The average molecular weight is 441 g/mol. The Hall–Kier alpha value is -2.73. The number of aryl methyl sites for hydroxylation is 1. The van der Waals surface area contributed by atoms with Crippen molar-refractivity contribution in [3.63, 3.8) is 0 Å². The molecule has 29 heavy (non-hydrogen) atoms. The zero-order valence-electron chi connectivity index (χ0n) is 15.7. The predicted octanol–water partition coefficient (Wildman–Crippen LogP) is 1.85. The molecule has 12 heteroatoms. The Kier molecular flexibility index (Phi) is 6.33. The summed E-state index contributed by atoms with van der Waals surface area (Å²) in [7, 11) is -3.57. The minimum atomic E-state index is -3.57. The lowest BCUT2D eigenvalue weighted by molar-refractivity contribution is -0.148. The van der Waals surface area contributed by atoms with Crippen molar-refractivity contribution in [1.29, 1.82) is 0 Å². The molecular formula is C17H20N4O6S2. The number of urea groups is 1. The lowest BCUT2D eigenvalue weighted by Crippen LogP contribution is -2.37. The van der Waals surface area contributed by atoms with Gasteiger partial charge in [0, 0.05) is 25.6 Å². The highest BCUT2D eigenvalue weighted by atomic mass is 32.2. The summed E-state index contributed by atoms with van der Waals surface area (Å²) in [6, 6.07) is 3.14. The van der Waals surface area contributed by atoms with Crippen molar-refractivity contribution < 1.29 is 27.2 Å². The quantitative estimate of drug-likeness (QED) is 0.329. The van der Waals surface area contributed by atoms with E-state index in [1.807, 2.05) is 6.07 Å². The molecule has 0 aromatic carbocycles. The maximum Gasteiger partial charge on any atom is 0.329 e. The number of hydrogen-bond donors (Lipinski definition) is 0. The molecule has 0 radical (unpaired) electrons. The maximum atomic E-state index is 12.7.